The summed E-state index contributed by atoms with van der Waals surface area (Å²) < 4.78 is 5.71. The van der Waals surface area contributed by atoms with E-state index in [1.807, 2.05) is 31.2 Å². The number of aliphatic hydroxyl groups is 1. The van der Waals surface area contributed by atoms with Crippen molar-refractivity contribution in [1.82, 2.24) is 4.90 Å². The maximum absolute atomic E-state index is 9.88. The smallest absolute Gasteiger partial charge is 0.119 e. The van der Waals surface area contributed by atoms with Gasteiger partial charge in [-0.3, -0.25) is 4.90 Å². The fourth-order valence-corrected chi connectivity index (χ4v) is 2.35. The Balaban J connectivity index is 1.70. The lowest BCUT2D eigenvalue weighted by Gasteiger charge is -2.35. The molecule has 0 bridgehead atoms. The summed E-state index contributed by atoms with van der Waals surface area (Å²) in [6.07, 6.45) is 2.10. The lowest BCUT2D eigenvalue weighted by Crippen LogP contribution is -2.43. The van der Waals surface area contributed by atoms with Gasteiger partial charge >= 0.3 is 0 Å². The van der Waals surface area contributed by atoms with E-state index in [9.17, 15) is 5.11 Å². The van der Waals surface area contributed by atoms with E-state index in [-0.39, 0.29) is 0 Å². The van der Waals surface area contributed by atoms with E-state index < -0.39 is 5.60 Å². The number of benzene rings is 1. The second kappa shape index (κ2) is 6.74. The zero-order valence-corrected chi connectivity index (χ0v) is 12.0. The summed E-state index contributed by atoms with van der Waals surface area (Å²) in [5.41, 5.74) is 0.520. The summed E-state index contributed by atoms with van der Waals surface area (Å²) in [5.74, 6) is 0.843. The van der Waals surface area contributed by atoms with E-state index in [0.717, 1.165) is 43.8 Å². The molecule has 1 aliphatic rings. The summed E-state index contributed by atoms with van der Waals surface area (Å²) in [6, 6.07) is 9.80. The van der Waals surface area contributed by atoms with E-state index in [0.29, 0.717) is 13.0 Å². The molecule has 0 radical (unpaired) electrons. The summed E-state index contributed by atoms with van der Waals surface area (Å²) in [7, 11) is 0. The molecule has 108 valence electrons. The molecule has 0 saturated carbocycles. The van der Waals surface area contributed by atoms with Gasteiger partial charge in [-0.15, -0.1) is 0 Å². The highest BCUT2D eigenvalue weighted by Gasteiger charge is 2.26. The second-order valence-corrected chi connectivity index (χ2v) is 5.67. The van der Waals surface area contributed by atoms with Gasteiger partial charge in [0.25, 0.3) is 0 Å². The molecular formula is C16H22N2O2. The summed E-state index contributed by atoms with van der Waals surface area (Å²) in [5, 5.41) is 18.5. The predicted octanol–water partition coefficient (Wildman–Crippen LogP) is 1.98. The number of ether oxygens (including phenoxy) is 1. The number of piperidine rings is 1. The maximum Gasteiger partial charge on any atom is 0.119 e. The van der Waals surface area contributed by atoms with Crippen molar-refractivity contribution in [2.24, 2.45) is 0 Å². The molecule has 0 amide bonds. The number of nitrogens with zero attached hydrogens (tertiary/aromatic N) is 2. The van der Waals surface area contributed by atoms with Crippen molar-refractivity contribution >= 4 is 0 Å². The van der Waals surface area contributed by atoms with Crippen LogP contribution < -0.4 is 4.74 Å². The highest BCUT2D eigenvalue weighted by molar-refractivity contribution is 5.28. The van der Waals surface area contributed by atoms with Gasteiger partial charge in [-0.05, 0) is 37.5 Å². The van der Waals surface area contributed by atoms with Crippen LogP contribution in [0.3, 0.4) is 0 Å². The third-order valence-electron chi connectivity index (χ3n) is 3.82. The molecule has 20 heavy (non-hydrogen) atoms. The number of hydrogen-bond donors (Lipinski definition) is 1. The molecule has 1 fully saturated rings. The van der Waals surface area contributed by atoms with Gasteiger partial charge in [-0.1, -0.05) is 12.1 Å². The normalized spacial score (nSPS) is 18.4. The van der Waals surface area contributed by atoms with Crippen molar-refractivity contribution in [1.29, 1.82) is 5.26 Å². The molecule has 0 aliphatic carbocycles. The lowest BCUT2D eigenvalue weighted by molar-refractivity contribution is -0.00768. The van der Waals surface area contributed by atoms with Gasteiger partial charge in [0.2, 0.25) is 0 Å². The summed E-state index contributed by atoms with van der Waals surface area (Å²) in [4.78, 5) is 2.32. The molecule has 0 spiro atoms. The van der Waals surface area contributed by atoms with E-state index >= 15 is 0 Å². The van der Waals surface area contributed by atoms with Crippen molar-refractivity contribution < 1.29 is 9.84 Å². The Hall–Kier alpha value is -1.57. The first-order valence-corrected chi connectivity index (χ1v) is 7.12. The molecule has 1 aromatic rings. The van der Waals surface area contributed by atoms with E-state index in [1.165, 1.54) is 0 Å². The monoisotopic (exact) mass is 274 g/mol. The van der Waals surface area contributed by atoms with Crippen LogP contribution in [0.5, 0.6) is 5.75 Å². The van der Waals surface area contributed by atoms with Gasteiger partial charge < -0.3 is 9.84 Å². The third kappa shape index (κ3) is 4.52. The first kappa shape index (κ1) is 14.8. The number of likely N-dealkylation sites (tertiary alicyclic amines) is 1. The SMILES string of the molecule is CC1(O)CCN(CCOc2ccc(CC#N)cc2)CC1. The van der Waals surface area contributed by atoms with Gasteiger partial charge in [0.15, 0.2) is 0 Å². The van der Waals surface area contributed by atoms with E-state index in [1.54, 1.807) is 0 Å². The molecule has 4 nitrogen and oxygen atoms in total. The van der Waals surface area contributed by atoms with Crippen molar-refractivity contribution in [2.75, 3.05) is 26.2 Å². The maximum atomic E-state index is 9.88. The minimum atomic E-state index is -0.492. The second-order valence-electron chi connectivity index (χ2n) is 5.67. The highest BCUT2D eigenvalue weighted by atomic mass is 16.5. The van der Waals surface area contributed by atoms with Crippen LogP contribution in [0.4, 0.5) is 0 Å². The van der Waals surface area contributed by atoms with Crippen LogP contribution in [0.15, 0.2) is 24.3 Å². The molecule has 1 N–H and O–H groups in total. The van der Waals surface area contributed by atoms with Crippen LogP contribution in [-0.4, -0.2) is 41.8 Å². The van der Waals surface area contributed by atoms with Gasteiger partial charge in [0.1, 0.15) is 12.4 Å². The average molecular weight is 274 g/mol. The quantitative estimate of drug-likeness (QED) is 0.892. The zero-order valence-electron chi connectivity index (χ0n) is 12.0. The topological polar surface area (TPSA) is 56.5 Å². The predicted molar refractivity (Wildman–Crippen MR) is 77.6 cm³/mol. The van der Waals surface area contributed by atoms with Crippen LogP contribution in [0.1, 0.15) is 25.3 Å². The van der Waals surface area contributed by atoms with E-state index in [2.05, 4.69) is 11.0 Å². The Bertz CT molecular complexity index is 452. The van der Waals surface area contributed by atoms with Crippen molar-refractivity contribution in [3.63, 3.8) is 0 Å². The Kier molecular flexibility index (Phi) is 4.99. The molecule has 1 aliphatic heterocycles. The Labute approximate surface area is 120 Å². The van der Waals surface area contributed by atoms with Crippen LogP contribution in [0.2, 0.25) is 0 Å². The Morgan fingerprint density at radius 2 is 1.95 bits per heavy atom. The lowest BCUT2D eigenvalue weighted by atomic mass is 9.94. The minimum Gasteiger partial charge on any atom is -0.492 e. The van der Waals surface area contributed by atoms with E-state index in [4.69, 9.17) is 10.00 Å². The average Bonchev–Trinajstić information content (AvgIpc) is 2.43. The molecule has 1 heterocycles. The summed E-state index contributed by atoms with van der Waals surface area (Å²) in [6.45, 7) is 5.30. The van der Waals surface area contributed by atoms with Crippen molar-refractivity contribution in [2.45, 2.75) is 31.8 Å². The molecular weight excluding hydrogens is 252 g/mol. The molecule has 1 aromatic carbocycles. The number of nitriles is 1. The van der Waals surface area contributed by atoms with Crippen molar-refractivity contribution in [3.05, 3.63) is 29.8 Å². The third-order valence-corrected chi connectivity index (χ3v) is 3.82. The fourth-order valence-electron chi connectivity index (χ4n) is 2.35. The van der Waals surface area contributed by atoms with Crippen LogP contribution in [0, 0.1) is 11.3 Å². The Morgan fingerprint density at radius 1 is 1.30 bits per heavy atom. The number of hydrogen-bond acceptors (Lipinski definition) is 4. The van der Waals surface area contributed by atoms with Crippen LogP contribution in [0.25, 0.3) is 0 Å². The molecule has 0 atom stereocenters. The first-order chi connectivity index (χ1) is 9.59. The minimum absolute atomic E-state index is 0.438. The van der Waals surface area contributed by atoms with Gasteiger partial charge in [-0.2, -0.15) is 5.26 Å². The molecule has 0 unspecified atom stereocenters. The highest BCUT2D eigenvalue weighted by Crippen LogP contribution is 2.20. The van der Waals surface area contributed by atoms with Gasteiger partial charge in [-0.25, -0.2) is 0 Å². The molecule has 0 aromatic heterocycles. The van der Waals surface area contributed by atoms with Crippen LogP contribution in [-0.2, 0) is 6.42 Å². The van der Waals surface area contributed by atoms with Crippen molar-refractivity contribution in [3.8, 4) is 11.8 Å². The summed E-state index contributed by atoms with van der Waals surface area (Å²) >= 11 is 0. The zero-order chi connectivity index (χ0) is 14.4. The first-order valence-electron chi connectivity index (χ1n) is 7.12. The van der Waals surface area contributed by atoms with Crippen LogP contribution >= 0.6 is 0 Å². The van der Waals surface area contributed by atoms with Gasteiger partial charge in [0, 0.05) is 19.6 Å². The van der Waals surface area contributed by atoms with Gasteiger partial charge in [0.05, 0.1) is 18.1 Å². The largest absolute Gasteiger partial charge is 0.492 e. The molecule has 4 heteroatoms. The standard InChI is InChI=1S/C16H22N2O2/c1-16(19)7-10-18(11-8-16)12-13-20-15-4-2-14(3-5-15)6-9-17/h2-5,19H,6-8,10-13H2,1H3. The fraction of sp³-hybridized carbons (Fsp3) is 0.562. The molecule has 1 saturated heterocycles. The number of rotatable bonds is 5. The Morgan fingerprint density at radius 3 is 2.55 bits per heavy atom. The molecule has 2 rings (SSSR count).